The summed E-state index contributed by atoms with van der Waals surface area (Å²) >= 11 is 1.77. The summed E-state index contributed by atoms with van der Waals surface area (Å²) in [6.45, 7) is 0. The van der Waals surface area contributed by atoms with E-state index in [2.05, 4.69) is 4.98 Å². The highest BCUT2D eigenvalue weighted by molar-refractivity contribution is 7.98. The van der Waals surface area contributed by atoms with Gasteiger partial charge in [0.05, 0.1) is 5.56 Å². The van der Waals surface area contributed by atoms with Gasteiger partial charge in [-0.3, -0.25) is 0 Å². The van der Waals surface area contributed by atoms with Crippen LogP contribution in [0.1, 0.15) is 16.8 Å². The molecule has 1 aromatic heterocycles. The maximum absolute atomic E-state index is 12.6. The molecule has 2 heterocycles. The Morgan fingerprint density at radius 3 is 2.82 bits per heavy atom. The highest BCUT2D eigenvalue weighted by Crippen LogP contribution is 2.36. The number of hydrogen-bond acceptors (Lipinski definition) is 1. The summed E-state index contributed by atoms with van der Waals surface area (Å²) in [4.78, 5) is 3.21. The van der Waals surface area contributed by atoms with Gasteiger partial charge in [-0.2, -0.15) is 24.9 Å². The minimum Gasteiger partial charge on any atom is -0.358 e. The van der Waals surface area contributed by atoms with E-state index in [0.29, 0.717) is 0 Å². The van der Waals surface area contributed by atoms with Gasteiger partial charge >= 0.3 is 6.18 Å². The first kappa shape index (κ1) is 11.0. The molecule has 1 nitrogen and oxygen atoms in total. The maximum atomic E-state index is 12.6. The molecule has 0 atom stereocenters. The average molecular weight is 257 g/mol. The topological polar surface area (TPSA) is 15.8 Å². The number of nitrogens with one attached hydrogen (secondary N) is 1. The number of halogens is 3. The summed E-state index contributed by atoms with van der Waals surface area (Å²) in [6.07, 6.45) is -3.35. The Kier molecular flexibility index (Phi) is 2.40. The standard InChI is InChI=1S/C12H10F3NS/c13-12(14,15)7-1-2-10-8(5-7)9-6-17-4-3-11(9)16-10/h1-2,5,16H,3-4,6H2. The number of hydrogen-bond donors (Lipinski definition) is 1. The first-order valence-electron chi connectivity index (χ1n) is 5.34. The third kappa shape index (κ3) is 1.82. The van der Waals surface area contributed by atoms with Crippen LogP contribution in [0.4, 0.5) is 13.2 Å². The van der Waals surface area contributed by atoms with Crippen LogP contribution in [0.25, 0.3) is 10.9 Å². The molecule has 0 bridgehead atoms. The van der Waals surface area contributed by atoms with Crippen LogP contribution in [-0.4, -0.2) is 10.7 Å². The molecule has 1 N–H and O–H groups in total. The number of benzene rings is 1. The quantitative estimate of drug-likeness (QED) is 0.755. The lowest BCUT2D eigenvalue weighted by Crippen LogP contribution is -2.04. The number of aryl methyl sites for hydroxylation is 1. The summed E-state index contributed by atoms with van der Waals surface area (Å²) in [7, 11) is 0. The lowest BCUT2D eigenvalue weighted by atomic mass is 10.1. The van der Waals surface area contributed by atoms with Gasteiger partial charge in [-0.25, -0.2) is 0 Å². The Morgan fingerprint density at radius 1 is 1.24 bits per heavy atom. The number of fused-ring (bicyclic) bond motifs is 3. The minimum atomic E-state index is -4.26. The van der Waals surface area contributed by atoms with Gasteiger partial charge in [0.1, 0.15) is 0 Å². The fraction of sp³-hybridized carbons (Fsp3) is 0.333. The third-order valence-electron chi connectivity index (χ3n) is 3.06. The van der Waals surface area contributed by atoms with Crippen molar-refractivity contribution in [1.82, 2.24) is 4.98 Å². The van der Waals surface area contributed by atoms with Crippen LogP contribution in [0, 0.1) is 0 Å². The van der Waals surface area contributed by atoms with Crippen molar-refractivity contribution in [3.63, 3.8) is 0 Å². The van der Waals surface area contributed by atoms with Crippen molar-refractivity contribution in [2.24, 2.45) is 0 Å². The Hall–Kier alpha value is -1.10. The highest BCUT2D eigenvalue weighted by atomic mass is 32.2. The van der Waals surface area contributed by atoms with Gasteiger partial charge in [0.2, 0.25) is 0 Å². The van der Waals surface area contributed by atoms with Crippen LogP contribution in [-0.2, 0) is 18.3 Å². The minimum absolute atomic E-state index is 0.567. The Bertz CT molecular complexity index is 571. The van der Waals surface area contributed by atoms with Crippen LogP contribution in [0.15, 0.2) is 18.2 Å². The molecule has 0 saturated carbocycles. The molecule has 0 spiro atoms. The van der Waals surface area contributed by atoms with Gasteiger partial charge in [0.25, 0.3) is 0 Å². The lowest BCUT2D eigenvalue weighted by molar-refractivity contribution is -0.137. The second kappa shape index (κ2) is 3.70. The van der Waals surface area contributed by atoms with E-state index in [4.69, 9.17) is 0 Å². The summed E-state index contributed by atoms with van der Waals surface area (Å²) < 4.78 is 37.9. The molecule has 90 valence electrons. The van der Waals surface area contributed by atoms with Crippen molar-refractivity contribution in [3.8, 4) is 0 Å². The molecule has 5 heteroatoms. The lowest BCUT2D eigenvalue weighted by Gasteiger charge is -2.11. The van der Waals surface area contributed by atoms with Crippen LogP contribution in [0.5, 0.6) is 0 Å². The molecule has 0 radical (unpaired) electrons. The Labute approximate surface area is 100 Å². The molecule has 1 aromatic carbocycles. The van der Waals surface area contributed by atoms with E-state index in [1.165, 1.54) is 12.1 Å². The van der Waals surface area contributed by atoms with E-state index in [0.717, 1.165) is 46.2 Å². The van der Waals surface area contributed by atoms with Crippen molar-refractivity contribution in [1.29, 1.82) is 0 Å². The zero-order valence-electron chi connectivity index (χ0n) is 8.90. The average Bonchev–Trinajstić information content (AvgIpc) is 2.65. The number of rotatable bonds is 0. The fourth-order valence-electron chi connectivity index (χ4n) is 2.21. The molecular weight excluding hydrogens is 247 g/mol. The monoisotopic (exact) mass is 257 g/mol. The second-order valence-electron chi connectivity index (χ2n) is 4.14. The van der Waals surface area contributed by atoms with E-state index in [-0.39, 0.29) is 0 Å². The van der Waals surface area contributed by atoms with E-state index < -0.39 is 11.7 Å². The van der Waals surface area contributed by atoms with Gasteiger partial charge in [0, 0.05) is 22.3 Å². The van der Waals surface area contributed by atoms with Gasteiger partial charge in [-0.1, -0.05) is 0 Å². The molecular formula is C12H10F3NS. The Morgan fingerprint density at radius 2 is 2.06 bits per heavy atom. The van der Waals surface area contributed by atoms with Crippen molar-refractivity contribution in [2.75, 3.05) is 5.75 Å². The zero-order chi connectivity index (χ0) is 12.0. The van der Waals surface area contributed by atoms with Crippen LogP contribution >= 0.6 is 11.8 Å². The third-order valence-corrected chi connectivity index (χ3v) is 4.05. The van der Waals surface area contributed by atoms with Gasteiger partial charge < -0.3 is 4.98 Å². The SMILES string of the molecule is FC(F)(F)c1ccc2[nH]c3c(c2c1)CSCC3. The fourth-order valence-corrected chi connectivity index (χ4v) is 3.23. The normalized spacial score (nSPS) is 16.2. The van der Waals surface area contributed by atoms with Crippen molar-refractivity contribution in [3.05, 3.63) is 35.0 Å². The number of alkyl halides is 3. The maximum Gasteiger partial charge on any atom is 0.416 e. The van der Waals surface area contributed by atoms with Crippen LogP contribution < -0.4 is 0 Å². The molecule has 2 aromatic rings. The molecule has 3 rings (SSSR count). The summed E-state index contributed by atoms with van der Waals surface area (Å²) in [5, 5.41) is 0.724. The molecule has 1 aliphatic heterocycles. The summed E-state index contributed by atoms with van der Waals surface area (Å²) in [6, 6.07) is 3.93. The molecule has 17 heavy (non-hydrogen) atoms. The molecule has 0 aliphatic carbocycles. The van der Waals surface area contributed by atoms with Crippen LogP contribution in [0.3, 0.4) is 0 Å². The summed E-state index contributed by atoms with van der Waals surface area (Å²) in [5.41, 5.74) is 2.38. The smallest absolute Gasteiger partial charge is 0.358 e. The predicted octanol–water partition coefficient (Wildman–Crippen LogP) is 3.98. The van der Waals surface area contributed by atoms with E-state index in [1.54, 1.807) is 11.8 Å². The number of aromatic nitrogens is 1. The highest BCUT2D eigenvalue weighted by Gasteiger charge is 2.31. The van der Waals surface area contributed by atoms with E-state index in [1.807, 2.05) is 0 Å². The van der Waals surface area contributed by atoms with Gasteiger partial charge in [-0.15, -0.1) is 0 Å². The number of aromatic amines is 1. The molecule has 0 unspecified atom stereocenters. The molecule has 1 aliphatic rings. The van der Waals surface area contributed by atoms with Crippen molar-refractivity contribution in [2.45, 2.75) is 18.3 Å². The predicted molar refractivity (Wildman–Crippen MR) is 63.2 cm³/mol. The zero-order valence-corrected chi connectivity index (χ0v) is 9.71. The largest absolute Gasteiger partial charge is 0.416 e. The number of H-pyrrole nitrogens is 1. The van der Waals surface area contributed by atoms with Gasteiger partial charge in [0.15, 0.2) is 0 Å². The van der Waals surface area contributed by atoms with Crippen molar-refractivity contribution < 1.29 is 13.2 Å². The molecule has 0 amide bonds. The summed E-state index contributed by atoms with van der Waals surface area (Å²) in [5.74, 6) is 1.84. The second-order valence-corrected chi connectivity index (χ2v) is 5.25. The van der Waals surface area contributed by atoms with Crippen molar-refractivity contribution >= 4 is 22.7 Å². The molecule has 0 saturated heterocycles. The first-order valence-corrected chi connectivity index (χ1v) is 6.49. The van der Waals surface area contributed by atoms with Gasteiger partial charge in [-0.05, 0) is 35.9 Å². The first-order chi connectivity index (χ1) is 8.05. The van der Waals surface area contributed by atoms with E-state index >= 15 is 0 Å². The Balaban J connectivity index is 2.21. The molecule has 0 fully saturated rings. The van der Waals surface area contributed by atoms with E-state index in [9.17, 15) is 13.2 Å². The van der Waals surface area contributed by atoms with Crippen LogP contribution in [0.2, 0.25) is 0 Å². The number of thioether (sulfide) groups is 1.